The third-order valence-electron chi connectivity index (χ3n) is 3.91. The van der Waals surface area contributed by atoms with Crippen LogP contribution in [0, 0.1) is 0 Å². The van der Waals surface area contributed by atoms with Crippen molar-refractivity contribution in [1.82, 2.24) is 5.32 Å². The Morgan fingerprint density at radius 2 is 1.92 bits per heavy atom. The Bertz CT molecular complexity index is 719. The summed E-state index contributed by atoms with van der Waals surface area (Å²) < 4.78 is 5.39. The molecule has 0 heterocycles. The van der Waals surface area contributed by atoms with Crippen LogP contribution >= 0.6 is 23.2 Å². The molecule has 1 N–H and O–H groups in total. The summed E-state index contributed by atoms with van der Waals surface area (Å²) in [6, 6.07) is 14.9. The molecule has 132 valence electrons. The first-order valence-electron chi connectivity index (χ1n) is 7.98. The maximum atomic E-state index is 12.7. The second-order valence-electron chi connectivity index (χ2n) is 5.67. The molecule has 0 aliphatic heterocycles. The molecule has 25 heavy (non-hydrogen) atoms. The third-order valence-corrected chi connectivity index (χ3v) is 4.64. The maximum Gasteiger partial charge on any atom is 0.249 e. The van der Waals surface area contributed by atoms with E-state index in [1.54, 1.807) is 18.2 Å². The van der Waals surface area contributed by atoms with Crippen LogP contribution in [0.5, 0.6) is 0 Å². The number of methoxy groups -OCH3 is 1. The normalized spacial score (nSPS) is 13.1. The zero-order valence-corrected chi connectivity index (χ0v) is 15.6. The number of halogens is 2. The predicted molar refractivity (Wildman–Crippen MR) is 103 cm³/mol. The van der Waals surface area contributed by atoms with Crippen LogP contribution in [-0.4, -0.2) is 19.1 Å². The molecular formula is C20H21Cl2NO2. The van der Waals surface area contributed by atoms with Gasteiger partial charge in [-0.05, 0) is 29.7 Å². The van der Waals surface area contributed by atoms with Gasteiger partial charge in [0.25, 0.3) is 0 Å². The van der Waals surface area contributed by atoms with E-state index in [0.29, 0.717) is 22.9 Å². The lowest BCUT2D eigenvalue weighted by Gasteiger charge is -2.22. The summed E-state index contributed by atoms with van der Waals surface area (Å²) >= 11 is 12.1. The smallest absolute Gasteiger partial charge is 0.249 e. The lowest BCUT2D eigenvalue weighted by molar-refractivity contribution is -0.131. The minimum absolute atomic E-state index is 0.177. The summed E-state index contributed by atoms with van der Waals surface area (Å²) in [4.78, 5) is 12.7. The number of carbonyl (C=O) groups is 1. The van der Waals surface area contributed by atoms with Gasteiger partial charge in [0.05, 0.1) is 16.1 Å². The van der Waals surface area contributed by atoms with E-state index in [2.05, 4.69) is 11.9 Å². The minimum Gasteiger partial charge on any atom is -0.371 e. The Labute approximate surface area is 158 Å². The van der Waals surface area contributed by atoms with Crippen molar-refractivity contribution in [2.24, 2.45) is 0 Å². The molecule has 0 radical (unpaired) electrons. The predicted octanol–water partition coefficient (Wildman–Crippen LogP) is 4.98. The van der Waals surface area contributed by atoms with Crippen molar-refractivity contribution in [2.75, 3.05) is 7.11 Å². The number of nitrogens with one attached hydrogen (secondary N) is 1. The van der Waals surface area contributed by atoms with Crippen LogP contribution in [-0.2, 0) is 16.0 Å². The molecule has 0 aliphatic carbocycles. The molecule has 3 nitrogen and oxygen atoms in total. The Hall–Kier alpha value is -1.81. The highest BCUT2D eigenvalue weighted by molar-refractivity contribution is 6.42. The molecule has 2 aromatic carbocycles. The van der Waals surface area contributed by atoms with Gasteiger partial charge in [-0.3, -0.25) is 4.79 Å². The summed E-state index contributed by atoms with van der Waals surface area (Å²) in [6.45, 7) is 3.76. The molecule has 1 unspecified atom stereocenters. The topological polar surface area (TPSA) is 38.3 Å². The van der Waals surface area contributed by atoms with E-state index in [-0.39, 0.29) is 11.9 Å². The van der Waals surface area contributed by atoms with Crippen LogP contribution in [0.1, 0.15) is 23.6 Å². The summed E-state index contributed by atoms with van der Waals surface area (Å²) in [5, 5.41) is 3.95. The second-order valence-corrected chi connectivity index (χ2v) is 6.49. The van der Waals surface area contributed by atoms with Crippen LogP contribution in [0.25, 0.3) is 0 Å². The zero-order valence-electron chi connectivity index (χ0n) is 14.0. The van der Waals surface area contributed by atoms with E-state index in [1.807, 2.05) is 36.4 Å². The first kappa shape index (κ1) is 19.5. The molecule has 5 heteroatoms. The molecule has 0 fully saturated rings. The Morgan fingerprint density at radius 1 is 1.20 bits per heavy atom. The number of amides is 1. The van der Waals surface area contributed by atoms with Crippen molar-refractivity contribution in [3.63, 3.8) is 0 Å². The van der Waals surface area contributed by atoms with Gasteiger partial charge in [0, 0.05) is 13.5 Å². The number of ether oxygens (including phenoxy) is 1. The Morgan fingerprint density at radius 3 is 2.52 bits per heavy atom. The molecule has 0 spiro atoms. The summed E-state index contributed by atoms with van der Waals surface area (Å²) in [5.74, 6) is -0.177. The Kier molecular flexibility index (Phi) is 7.51. The lowest BCUT2D eigenvalue weighted by atomic mass is 10.0. The molecule has 0 aromatic heterocycles. The van der Waals surface area contributed by atoms with Crippen molar-refractivity contribution in [3.8, 4) is 0 Å². The van der Waals surface area contributed by atoms with Crippen LogP contribution < -0.4 is 5.32 Å². The molecule has 0 saturated carbocycles. The largest absolute Gasteiger partial charge is 0.371 e. The molecule has 1 amide bonds. The van der Waals surface area contributed by atoms with Gasteiger partial charge in [0.1, 0.15) is 6.10 Å². The van der Waals surface area contributed by atoms with Crippen molar-refractivity contribution >= 4 is 29.1 Å². The first-order chi connectivity index (χ1) is 12.0. The first-order valence-corrected chi connectivity index (χ1v) is 8.73. The molecule has 0 aliphatic rings. The van der Waals surface area contributed by atoms with Gasteiger partial charge < -0.3 is 10.1 Å². The van der Waals surface area contributed by atoms with E-state index < -0.39 is 6.10 Å². The van der Waals surface area contributed by atoms with Gasteiger partial charge in [-0.1, -0.05) is 65.7 Å². The number of hydrogen-bond acceptors (Lipinski definition) is 2. The fourth-order valence-corrected chi connectivity index (χ4v) is 2.86. The van der Waals surface area contributed by atoms with Gasteiger partial charge in [-0.2, -0.15) is 0 Å². The highest BCUT2D eigenvalue weighted by Crippen LogP contribution is 2.27. The van der Waals surface area contributed by atoms with E-state index in [9.17, 15) is 4.79 Å². The van der Waals surface area contributed by atoms with E-state index >= 15 is 0 Å². The fourth-order valence-electron chi connectivity index (χ4n) is 2.55. The van der Waals surface area contributed by atoms with Gasteiger partial charge in [0.15, 0.2) is 0 Å². The van der Waals surface area contributed by atoms with Crippen molar-refractivity contribution in [3.05, 3.63) is 82.4 Å². The molecule has 0 saturated heterocycles. The van der Waals surface area contributed by atoms with Crippen molar-refractivity contribution < 1.29 is 9.53 Å². The van der Waals surface area contributed by atoms with Crippen molar-refractivity contribution in [1.29, 1.82) is 0 Å². The number of carbonyl (C=O) groups excluding carboxylic acids is 1. The SMILES string of the molecule is C=CC[C@H](NC(=O)C(Cc1ccccc1)OC)c1ccc(Cl)c(Cl)c1. The molecule has 2 aromatic rings. The number of benzene rings is 2. The summed E-state index contributed by atoms with van der Waals surface area (Å²) in [5.41, 5.74) is 1.91. The monoisotopic (exact) mass is 377 g/mol. The second kappa shape index (κ2) is 9.62. The standard InChI is InChI=1S/C20H21Cl2NO2/c1-3-7-18(15-10-11-16(21)17(22)13-15)23-20(24)19(25-2)12-14-8-5-4-6-9-14/h3-6,8-11,13,18-19H,1,7,12H2,2H3,(H,23,24)/t18-,19?/m0/s1. The molecule has 0 bridgehead atoms. The van der Waals surface area contributed by atoms with Gasteiger partial charge in [0.2, 0.25) is 5.91 Å². The van der Waals surface area contributed by atoms with Gasteiger partial charge >= 0.3 is 0 Å². The highest BCUT2D eigenvalue weighted by atomic mass is 35.5. The van der Waals surface area contributed by atoms with Gasteiger partial charge in [-0.25, -0.2) is 0 Å². The number of rotatable bonds is 8. The average Bonchev–Trinajstić information content (AvgIpc) is 2.62. The van der Waals surface area contributed by atoms with Gasteiger partial charge in [-0.15, -0.1) is 6.58 Å². The Balaban J connectivity index is 2.12. The lowest BCUT2D eigenvalue weighted by Crippen LogP contribution is -2.39. The number of hydrogen-bond donors (Lipinski definition) is 1. The molecule has 2 atom stereocenters. The molecule has 2 rings (SSSR count). The van der Waals surface area contributed by atoms with Crippen LogP contribution in [0.4, 0.5) is 0 Å². The van der Waals surface area contributed by atoms with E-state index in [4.69, 9.17) is 27.9 Å². The fraction of sp³-hybridized carbons (Fsp3) is 0.250. The average molecular weight is 378 g/mol. The molecular weight excluding hydrogens is 357 g/mol. The van der Waals surface area contributed by atoms with Crippen molar-refractivity contribution in [2.45, 2.75) is 25.0 Å². The quantitative estimate of drug-likeness (QED) is 0.658. The minimum atomic E-state index is -0.572. The zero-order chi connectivity index (χ0) is 18.2. The van der Waals surface area contributed by atoms with E-state index in [1.165, 1.54) is 7.11 Å². The van der Waals surface area contributed by atoms with E-state index in [0.717, 1.165) is 11.1 Å². The van der Waals surface area contributed by atoms with Crippen LogP contribution in [0.2, 0.25) is 10.0 Å². The van der Waals surface area contributed by atoms with Crippen LogP contribution in [0.15, 0.2) is 61.2 Å². The summed E-state index contributed by atoms with van der Waals surface area (Å²) in [6.07, 6.45) is 2.26. The van der Waals surface area contributed by atoms with Crippen LogP contribution in [0.3, 0.4) is 0 Å². The highest BCUT2D eigenvalue weighted by Gasteiger charge is 2.22. The third kappa shape index (κ3) is 5.60. The maximum absolute atomic E-state index is 12.7. The summed E-state index contributed by atoms with van der Waals surface area (Å²) in [7, 11) is 1.54.